The minimum atomic E-state index is -0.701. The van der Waals surface area contributed by atoms with Gasteiger partial charge in [-0.1, -0.05) is 18.7 Å². The van der Waals surface area contributed by atoms with Crippen LogP contribution in [-0.2, 0) is 19.0 Å². The molecule has 0 aliphatic heterocycles. The first-order valence-corrected chi connectivity index (χ1v) is 7.43. The van der Waals surface area contributed by atoms with Crippen LogP contribution in [0.15, 0.2) is 36.9 Å². The highest BCUT2D eigenvalue weighted by Crippen LogP contribution is 2.12. The number of hydrogen-bond donors (Lipinski definition) is 1. The van der Waals surface area contributed by atoms with Gasteiger partial charge in [-0.25, -0.2) is 14.4 Å². The fraction of sp³-hybridized carbons (Fsp3) is 0.353. The van der Waals surface area contributed by atoms with Crippen LogP contribution in [0.5, 0.6) is 0 Å². The molecule has 0 aliphatic rings. The molecule has 0 fully saturated rings. The van der Waals surface area contributed by atoms with E-state index in [0.717, 1.165) is 6.08 Å². The molecule has 0 amide bonds. The maximum absolute atomic E-state index is 12.1. The number of hydrogen-bond acceptors (Lipinski definition) is 7. The molecular formula is C17H20O7. The first kappa shape index (κ1) is 19.4. The van der Waals surface area contributed by atoms with E-state index < -0.39 is 17.9 Å². The lowest BCUT2D eigenvalue weighted by molar-refractivity contribution is -0.137. The smallest absolute Gasteiger partial charge is 0.339 e. The molecule has 1 N–H and O–H groups in total. The molecule has 0 atom stereocenters. The van der Waals surface area contributed by atoms with Gasteiger partial charge in [0.2, 0.25) is 0 Å². The molecule has 0 heterocycles. The van der Waals surface area contributed by atoms with Gasteiger partial charge in [-0.05, 0) is 25.0 Å². The highest BCUT2D eigenvalue weighted by molar-refractivity contribution is 6.03. The zero-order valence-corrected chi connectivity index (χ0v) is 13.2. The number of aliphatic hydroxyl groups excluding tert-OH is 1. The molecule has 1 aromatic carbocycles. The summed E-state index contributed by atoms with van der Waals surface area (Å²) in [7, 11) is 0. The van der Waals surface area contributed by atoms with E-state index in [4.69, 9.17) is 19.3 Å². The molecular weight excluding hydrogens is 316 g/mol. The summed E-state index contributed by atoms with van der Waals surface area (Å²) >= 11 is 0. The molecule has 130 valence electrons. The standard InChI is InChI=1S/C17H20O7/c1-2-15(19)22-10-5-6-11-23-16(20)13-7-3-4-8-14(13)17(21)24-12-9-18/h2-4,7-8,18H,1,5-6,9-12H2. The Morgan fingerprint density at radius 2 is 1.42 bits per heavy atom. The first-order chi connectivity index (χ1) is 11.6. The molecule has 0 bridgehead atoms. The van der Waals surface area contributed by atoms with Crippen LogP contribution in [0, 0.1) is 0 Å². The van der Waals surface area contributed by atoms with Gasteiger partial charge in [0, 0.05) is 6.08 Å². The summed E-state index contributed by atoms with van der Waals surface area (Å²) in [5.41, 5.74) is 0.175. The van der Waals surface area contributed by atoms with E-state index in [2.05, 4.69) is 6.58 Å². The molecule has 0 saturated heterocycles. The van der Waals surface area contributed by atoms with Gasteiger partial charge in [0.1, 0.15) is 6.61 Å². The van der Waals surface area contributed by atoms with Gasteiger partial charge in [0.25, 0.3) is 0 Å². The fourth-order valence-electron chi connectivity index (χ4n) is 1.73. The van der Waals surface area contributed by atoms with Gasteiger partial charge in [0.15, 0.2) is 0 Å². The molecule has 0 radical (unpaired) electrons. The second-order valence-electron chi connectivity index (χ2n) is 4.62. The van der Waals surface area contributed by atoms with E-state index in [1.807, 2.05) is 0 Å². The summed E-state index contributed by atoms with van der Waals surface area (Å²) in [6, 6.07) is 6.11. The van der Waals surface area contributed by atoms with Crippen molar-refractivity contribution in [2.75, 3.05) is 26.4 Å². The number of benzene rings is 1. The largest absolute Gasteiger partial charge is 0.463 e. The lowest BCUT2D eigenvalue weighted by Gasteiger charge is -2.09. The molecule has 24 heavy (non-hydrogen) atoms. The average molecular weight is 336 g/mol. The van der Waals surface area contributed by atoms with Crippen LogP contribution < -0.4 is 0 Å². The predicted octanol–water partition coefficient (Wildman–Crippen LogP) is 1.50. The molecule has 0 aromatic heterocycles. The predicted molar refractivity (Wildman–Crippen MR) is 84.5 cm³/mol. The normalized spacial score (nSPS) is 9.88. The molecule has 1 rings (SSSR count). The maximum Gasteiger partial charge on any atom is 0.339 e. The Bertz CT molecular complexity index is 580. The second-order valence-corrected chi connectivity index (χ2v) is 4.62. The Labute approximate surface area is 139 Å². The topological polar surface area (TPSA) is 99.1 Å². The van der Waals surface area contributed by atoms with Gasteiger partial charge >= 0.3 is 17.9 Å². The highest BCUT2D eigenvalue weighted by Gasteiger charge is 2.18. The summed E-state index contributed by atoms with van der Waals surface area (Å²) in [6.45, 7) is 3.18. The van der Waals surface area contributed by atoms with Crippen molar-refractivity contribution in [3.05, 3.63) is 48.0 Å². The second kappa shape index (κ2) is 11.0. The molecule has 0 aliphatic carbocycles. The number of rotatable bonds is 10. The van der Waals surface area contributed by atoms with Crippen LogP contribution in [-0.4, -0.2) is 49.4 Å². The zero-order valence-electron chi connectivity index (χ0n) is 13.2. The van der Waals surface area contributed by atoms with Crippen molar-refractivity contribution in [1.29, 1.82) is 0 Å². The van der Waals surface area contributed by atoms with Crippen molar-refractivity contribution in [2.24, 2.45) is 0 Å². The number of unbranched alkanes of at least 4 members (excludes halogenated alkanes) is 1. The van der Waals surface area contributed by atoms with Crippen LogP contribution in [0.4, 0.5) is 0 Å². The Morgan fingerprint density at radius 1 is 0.917 bits per heavy atom. The first-order valence-electron chi connectivity index (χ1n) is 7.43. The Kier molecular flexibility index (Phi) is 8.85. The van der Waals surface area contributed by atoms with Gasteiger partial charge in [-0.15, -0.1) is 0 Å². The molecule has 1 aromatic rings. The molecule has 7 heteroatoms. The van der Waals surface area contributed by atoms with Gasteiger partial charge < -0.3 is 19.3 Å². The Hall–Kier alpha value is -2.67. The molecule has 0 spiro atoms. The number of esters is 3. The summed E-state index contributed by atoms with van der Waals surface area (Å²) < 4.78 is 14.7. The van der Waals surface area contributed by atoms with Crippen molar-refractivity contribution in [2.45, 2.75) is 12.8 Å². The fourth-order valence-corrected chi connectivity index (χ4v) is 1.73. The van der Waals surface area contributed by atoms with Crippen molar-refractivity contribution >= 4 is 17.9 Å². The summed E-state index contributed by atoms with van der Waals surface area (Å²) in [5, 5.41) is 8.67. The quantitative estimate of drug-likeness (QED) is 0.299. The molecule has 7 nitrogen and oxygen atoms in total. The Morgan fingerprint density at radius 3 is 1.92 bits per heavy atom. The van der Waals surface area contributed by atoms with Crippen molar-refractivity contribution in [3.8, 4) is 0 Å². The van der Waals surface area contributed by atoms with Crippen LogP contribution in [0.25, 0.3) is 0 Å². The van der Waals surface area contributed by atoms with E-state index in [-0.39, 0.29) is 37.6 Å². The van der Waals surface area contributed by atoms with Crippen molar-refractivity contribution in [1.82, 2.24) is 0 Å². The summed E-state index contributed by atoms with van der Waals surface area (Å²) in [6.07, 6.45) is 2.12. The number of ether oxygens (including phenoxy) is 3. The summed E-state index contributed by atoms with van der Waals surface area (Å²) in [4.78, 5) is 34.7. The molecule has 0 saturated carbocycles. The third-order valence-electron chi connectivity index (χ3n) is 2.87. The maximum atomic E-state index is 12.1. The third kappa shape index (κ3) is 6.62. The van der Waals surface area contributed by atoms with Crippen LogP contribution >= 0.6 is 0 Å². The SMILES string of the molecule is C=CC(=O)OCCCCOC(=O)c1ccccc1C(=O)OCCO. The van der Waals surface area contributed by atoms with E-state index >= 15 is 0 Å². The minimum Gasteiger partial charge on any atom is -0.463 e. The van der Waals surface area contributed by atoms with Crippen LogP contribution in [0.3, 0.4) is 0 Å². The number of carbonyl (C=O) groups excluding carboxylic acids is 3. The van der Waals surface area contributed by atoms with Gasteiger partial charge in [-0.2, -0.15) is 0 Å². The van der Waals surface area contributed by atoms with Crippen LogP contribution in [0.1, 0.15) is 33.6 Å². The lowest BCUT2D eigenvalue weighted by Crippen LogP contribution is -2.16. The monoisotopic (exact) mass is 336 g/mol. The number of carbonyl (C=O) groups is 3. The molecule has 0 unspecified atom stereocenters. The number of aliphatic hydroxyl groups is 1. The highest BCUT2D eigenvalue weighted by atomic mass is 16.5. The van der Waals surface area contributed by atoms with Crippen molar-refractivity contribution in [3.63, 3.8) is 0 Å². The van der Waals surface area contributed by atoms with E-state index in [9.17, 15) is 14.4 Å². The van der Waals surface area contributed by atoms with Gasteiger partial charge in [-0.3, -0.25) is 0 Å². The zero-order chi connectivity index (χ0) is 17.8. The van der Waals surface area contributed by atoms with Gasteiger partial charge in [0.05, 0.1) is 30.9 Å². The summed E-state index contributed by atoms with van der Waals surface area (Å²) in [5.74, 6) is -1.84. The van der Waals surface area contributed by atoms with E-state index in [1.165, 1.54) is 12.1 Å². The van der Waals surface area contributed by atoms with Crippen molar-refractivity contribution < 1.29 is 33.7 Å². The minimum absolute atomic E-state index is 0.0795. The van der Waals surface area contributed by atoms with Crippen LogP contribution in [0.2, 0.25) is 0 Å². The van der Waals surface area contributed by atoms with E-state index in [1.54, 1.807) is 12.1 Å². The average Bonchev–Trinajstić information content (AvgIpc) is 2.61. The Balaban J connectivity index is 2.46. The lowest BCUT2D eigenvalue weighted by atomic mass is 10.1. The third-order valence-corrected chi connectivity index (χ3v) is 2.87. The van der Waals surface area contributed by atoms with E-state index in [0.29, 0.717) is 12.8 Å².